The van der Waals surface area contributed by atoms with E-state index in [1.807, 2.05) is 43.7 Å². The van der Waals surface area contributed by atoms with Crippen molar-refractivity contribution in [3.63, 3.8) is 0 Å². The predicted molar refractivity (Wildman–Crippen MR) is 95.7 cm³/mol. The normalized spacial score (nSPS) is 20.4. The summed E-state index contributed by atoms with van der Waals surface area (Å²) in [5.41, 5.74) is 2.37. The highest BCUT2D eigenvalue weighted by Crippen LogP contribution is 2.38. The van der Waals surface area contributed by atoms with Crippen molar-refractivity contribution in [1.29, 1.82) is 0 Å². The molecule has 0 radical (unpaired) electrons. The van der Waals surface area contributed by atoms with Crippen molar-refractivity contribution in [1.82, 2.24) is 24.9 Å². The van der Waals surface area contributed by atoms with Crippen LogP contribution in [-0.4, -0.2) is 36.7 Å². The van der Waals surface area contributed by atoms with E-state index in [1.165, 1.54) is 0 Å². The van der Waals surface area contributed by atoms with Crippen LogP contribution >= 0.6 is 0 Å². The number of aryl methyl sites for hydroxylation is 1. The van der Waals surface area contributed by atoms with Crippen LogP contribution in [0.3, 0.4) is 0 Å². The summed E-state index contributed by atoms with van der Waals surface area (Å²) < 4.78 is 3.44. The van der Waals surface area contributed by atoms with E-state index >= 15 is 0 Å². The molecule has 0 unspecified atom stereocenters. The Morgan fingerprint density at radius 3 is 2.81 bits per heavy atom. The SMILES string of the molecule is Cn1cc([C@H](NC(=O)c2cccc(-n3cccn3)c2)C2CC(O)C2)cn1. The molecule has 3 aromatic rings. The van der Waals surface area contributed by atoms with Crippen LogP contribution in [0.4, 0.5) is 0 Å². The number of aliphatic hydroxyl groups excluding tert-OH is 1. The Hall–Kier alpha value is -2.93. The van der Waals surface area contributed by atoms with Crippen molar-refractivity contribution < 1.29 is 9.90 Å². The number of benzene rings is 1. The fraction of sp³-hybridized carbons (Fsp3) is 0.316. The maximum absolute atomic E-state index is 12.9. The maximum Gasteiger partial charge on any atom is 0.251 e. The van der Waals surface area contributed by atoms with Crippen molar-refractivity contribution in [3.05, 3.63) is 66.2 Å². The van der Waals surface area contributed by atoms with Gasteiger partial charge in [-0.2, -0.15) is 10.2 Å². The zero-order chi connectivity index (χ0) is 18.1. The van der Waals surface area contributed by atoms with Crippen LogP contribution in [-0.2, 0) is 7.05 Å². The third kappa shape index (κ3) is 3.25. The van der Waals surface area contributed by atoms with Crippen molar-refractivity contribution in [2.45, 2.75) is 25.0 Å². The van der Waals surface area contributed by atoms with Crippen LogP contribution in [0.2, 0.25) is 0 Å². The quantitative estimate of drug-likeness (QED) is 0.735. The van der Waals surface area contributed by atoms with E-state index in [2.05, 4.69) is 15.5 Å². The number of carbonyl (C=O) groups is 1. The third-order valence-corrected chi connectivity index (χ3v) is 4.87. The van der Waals surface area contributed by atoms with Gasteiger partial charge in [-0.05, 0) is 43.0 Å². The average molecular weight is 351 g/mol. The predicted octanol–water partition coefficient (Wildman–Crippen LogP) is 1.85. The molecule has 2 heterocycles. The first-order valence-electron chi connectivity index (χ1n) is 8.67. The highest BCUT2D eigenvalue weighted by atomic mass is 16.3. The number of amides is 1. The van der Waals surface area contributed by atoms with Gasteiger partial charge in [0, 0.05) is 36.8 Å². The Labute approximate surface area is 151 Å². The van der Waals surface area contributed by atoms with Crippen molar-refractivity contribution >= 4 is 5.91 Å². The van der Waals surface area contributed by atoms with Crippen LogP contribution in [0.15, 0.2) is 55.1 Å². The van der Waals surface area contributed by atoms with Crippen LogP contribution in [0, 0.1) is 5.92 Å². The molecule has 1 aliphatic carbocycles. The van der Waals surface area contributed by atoms with Gasteiger partial charge in [0.2, 0.25) is 0 Å². The monoisotopic (exact) mass is 351 g/mol. The summed E-state index contributed by atoms with van der Waals surface area (Å²) in [5, 5.41) is 21.2. The minimum Gasteiger partial charge on any atom is -0.393 e. The Kier molecular flexibility index (Phi) is 4.30. The summed E-state index contributed by atoms with van der Waals surface area (Å²) in [6.45, 7) is 0. The van der Waals surface area contributed by atoms with E-state index in [-0.39, 0.29) is 24.0 Å². The molecule has 4 rings (SSSR count). The van der Waals surface area contributed by atoms with Gasteiger partial charge in [-0.3, -0.25) is 9.48 Å². The topological polar surface area (TPSA) is 85.0 Å². The molecular weight excluding hydrogens is 330 g/mol. The second-order valence-corrected chi connectivity index (χ2v) is 6.78. The fourth-order valence-corrected chi connectivity index (χ4v) is 3.41. The molecule has 134 valence electrons. The zero-order valence-electron chi connectivity index (χ0n) is 14.5. The van der Waals surface area contributed by atoms with E-state index in [0.29, 0.717) is 18.4 Å². The Morgan fingerprint density at radius 2 is 2.15 bits per heavy atom. The van der Waals surface area contributed by atoms with Gasteiger partial charge in [0.05, 0.1) is 24.0 Å². The van der Waals surface area contributed by atoms with Crippen molar-refractivity contribution in [2.75, 3.05) is 0 Å². The molecular formula is C19H21N5O2. The van der Waals surface area contributed by atoms with E-state index < -0.39 is 0 Å². The molecule has 1 aromatic carbocycles. The standard InChI is InChI=1S/C19H21N5O2/c1-23-12-15(11-21-23)18(14-9-17(25)10-14)22-19(26)13-4-2-5-16(8-13)24-7-3-6-20-24/h2-8,11-12,14,17-18,25H,9-10H2,1H3,(H,22,26)/t14?,17?,18-/m1/s1. The summed E-state index contributed by atoms with van der Waals surface area (Å²) in [5.74, 6) is 0.0710. The van der Waals surface area contributed by atoms with E-state index in [9.17, 15) is 9.90 Å². The van der Waals surface area contributed by atoms with Crippen molar-refractivity contribution in [2.24, 2.45) is 13.0 Å². The molecule has 1 aliphatic rings. The van der Waals surface area contributed by atoms with Crippen molar-refractivity contribution in [3.8, 4) is 5.69 Å². The van der Waals surface area contributed by atoms with Gasteiger partial charge in [-0.1, -0.05) is 6.07 Å². The van der Waals surface area contributed by atoms with Gasteiger partial charge < -0.3 is 10.4 Å². The largest absolute Gasteiger partial charge is 0.393 e. The molecule has 26 heavy (non-hydrogen) atoms. The highest BCUT2D eigenvalue weighted by molar-refractivity contribution is 5.95. The van der Waals surface area contributed by atoms with E-state index in [4.69, 9.17) is 0 Å². The molecule has 1 atom stereocenters. The lowest BCUT2D eigenvalue weighted by Crippen LogP contribution is -2.41. The lowest BCUT2D eigenvalue weighted by Gasteiger charge is -2.37. The third-order valence-electron chi connectivity index (χ3n) is 4.87. The molecule has 1 fully saturated rings. The molecule has 7 nitrogen and oxygen atoms in total. The number of aromatic nitrogens is 4. The highest BCUT2D eigenvalue weighted by Gasteiger charge is 2.36. The van der Waals surface area contributed by atoms with Gasteiger partial charge in [0.15, 0.2) is 0 Å². The average Bonchev–Trinajstić information content (AvgIpc) is 3.29. The number of rotatable bonds is 5. The second kappa shape index (κ2) is 6.76. The number of nitrogens with one attached hydrogen (secondary N) is 1. The minimum absolute atomic E-state index is 0.144. The first kappa shape index (κ1) is 16.5. The summed E-state index contributed by atoms with van der Waals surface area (Å²) in [6.07, 6.45) is 8.32. The molecule has 1 amide bonds. The second-order valence-electron chi connectivity index (χ2n) is 6.78. The van der Waals surface area contributed by atoms with Crippen LogP contribution in [0.5, 0.6) is 0 Å². The van der Waals surface area contributed by atoms with Crippen LogP contribution in [0.1, 0.15) is 34.8 Å². The lowest BCUT2D eigenvalue weighted by molar-refractivity contribution is 0.0235. The van der Waals surface area contributed by atoms with Gasteiger partial charge in [0.1, 0.15) is 0 Å². The lowest BCUT2D eigenvalue weighted by atomic mass is 9.75. The summed E-state index contributed by atoms with van der Waals surface area (Å²) >= 11 is 0. The van der Waals surface area contributed by atoms with Gasteiger partial charge in [-0.15, -0.1) is 0 Å². The molecule has 1 saturated carbocycles. The number of hydrogen-bond donors (Lipinski definition) is 2. The van der Waals surface area contributed by atoms with Gasteiger partial charge >= 0.3 is 0 Å². The van der Waals surface area contributed by atoms with Gasteiger partial charge in [0.25, 0.3) is 5.91 Å². The molecule has 0 spiro atoms. The number of aliphatic hydroxyl groups is 1. The summed E-state index contributed by atoms with van der Waals surface area (Å²) in [7, 11) is 1.85. The summed E-state index contributed by atoms with van der Waals surface area (Å²) in [4.78, 5) is 12.9. The molecule has 0 aliphatic heterocycles. The number of nitrogens with zero attached hydrogens (tertiary/aromatic N) is 4. The maximum atomic E-state index is 12.9. The smallest absolute Gasteiger partial charge is 0.251 e. The van der Waals surface area contributed by atoms with Gasteiger partial charge in [-0.25, -0.2) is 4.68 Å². The Bertz CT molecular complexity index is 896. The number of hydrogen-bond acceptors (Lipinski definition) is 4. The fourth-order valence-electron chi connectivity index (χ4n) is 3.41. The molecule has 2 aromatic heterocycles. The minimum atomic E-state index is -0.279. The van der Waals surface area contributed by atoms with E-state index in [1.54, 1.807) is 27.8 Å². The Balaban J connectivity index is 1.56. The van der Waals surface area contributed by atoms with E-state index in [0.717, 1.165) is 11.3 Å². The molecule has 0 bridgehead atoms. The van der Waals surface area contributed by atoms with Crippen LogP contribution < -0.4 is 5.32 Å². The van der Waals surface area contributed by atoms with Crippen LogP contribution in [0.25, 0.3) is 5.69 Å². The zero-order valence-corrected chi connectivity index (χ0v) is 14.5. The molecule has 2 N–H and O–H groups in total. The summed E-state index contributed by atoms with van der Waals surface area (Å²) in [6, 6.07) is 9.04. The first-order chi connectivity index (χ1) is 12.6. The molecule has 0 saturated heterocycles. The molecule has 7 heteroatoms. The Morgan fingerprint density at radius 1 is 1.31 bits per heavy atom. The first-order valence-corrected chi connectivity index (χ1v) is 8.67. The number of carbonyl (C=O) groups excluding carboxylic acids is 1.